The van der Waals surface area contributed by atoms with Gasteiger partial charge >= 0.3 is 0 Å². The number of imidazole rings is 1. The Bertz CT molecular complexity index is 2390. The number of Topliss-reactive ketones (excluding diaryl/α,β-unsaturated/α-hetero) is 1. The van der Waals surface area contributed by atoms with Crippen LogP contribution in [0.5, 0.6) is 5.75 Å². The Kier molecular flexibility index (Phi) is 12.6. The summed E-state index contributed by atoms with van der Waals surface area (Å²) in [4.78, 5) is 45.0. The summed E-state index contributed by atoms with van der Waals surface area (Å²) < 4.78 is 33.2. The normalized spacial score (nSPS) is 35.2. The van der Waals surface area contributed by atoms with Crippen LogP contribution in [0.3, 0.4) is 0 Å². The van der Waals surface area contributed by atoms with Crippen LogP contribution in [0.2, 0.25) is 10.0 Å². The maximum absolute atomic E-state index is 13.2. The number of allylic oxidation sites excluding steroid dienone is 4. The Morgan fingerprint density at radius 1 is 1.02 bits per heavy atom. The van der Waals surface area contributed by atoms with Crippen molar-refractivity contribution in [2.75, 3.05) is 50.9 Å². The molecule has 3 aromatic rings. The number of aliphatic hydroxyl groups excluding tert-OH is 2. The molecule has 1 amide bonds. The minimum atomic E-state index is -1.24. The molecule has 2 aromatic carbocycles. The molecule has 1 aromatic heterocycles. The average Bonchev–Trinajstić information content (AvgIpc) is 4.06. The summed E-state index contributed by atoms with van der Waals surface area (Å²) in [5, 5.41) is 22.3. The third kappa shape index (κ3) is 8.22. The first kappa shape index (κ1) is 47.0. The molecule has 66 heavy (non-hydrogen) atoms. The molecule has 4 heterocycles. The van der Waals surface area contributed by atoms with E-state index in [1.807, 2.05) is 59.0 Å². The van der Waals surface area contributed by atoms with E-state index < -0.39 is 41.4 Å². The first-order chi connectivity index (χ1) is 31.4. The molecule has 0 radical (unpaired) electrons. The van der Waals surface area contributed by atoms with Gasteiger partial charge in [-0.25, -0.2) is 4.98 Å². The van der Waals surface area contributed by atoms with Crippen LogP contribution >= 0.6 is 23.2 Å². The minimum absolute atomic E-state index is 0.0167. The fourth-order valence-corrected chi connectivity index (χ4v) is 13.2. The number of anilines is 1. The number of hydrogen-bond donors (Lipinski definition) is 2. The first-order valence-corrected chi connectivity index (χ1v) is 23.8. The van der Waals surface area contributed by atoms with Gasteiger partial charge in [0.1, 0.15) is 25.1 Å². The van der Waals surface area contributed by atoms with Gasteiger partial charge in [-0.2, -0.15) is 0 Å². The van der Waals surface area contributed by atoms with Gasteiger partial charge in [-0.15, -0.1) is 0 Å². The van der Waals surface area contributed by atoms with Gasteiger partial charge in [-0.3, -0.25) is 14.4 Å². The lowest BCUT2D eigenvalue weighted by Gasteiger charge is -2.59. The number of halogens is 2. The zero-order valence-electron chi connectivity index (χ0n) is 38.2. The minimum Gasteiger partial charge on any atom is -0.491 e. The number of ketones is 2. The van der Waals surface area contributed by atoms with Crippen LogP contribution in [0.25, 0.3) is 0 Å². The molecule has 6 fully saturated rings. The molecule has 10 rings (SSSR count). The van der Waals surface area contributed by atoms with Crippen molar-refractivity contribution in [2.45, 2.75) is 102 Å². The molecule has 3 saturated heterocycles. The van der Waals surface area contributed by atoms with E-state index >= 15 is 0 Å². The average molecular weight is 948 g/mol. The number of piperazine rings is 1. The summed E-state index contributed by atoms with van der Waals surface area (Å²) in [5.74, 6) is -1.15. The lowest BCUT2D eigenvalue weighted by atomic mass is 9.46. The molecular formula is C50H60Cl2N4O10. The quantitative estimate of drug-likeness (QED) is 0.239. The number of fused-ring (bicyclic) bond motifs is 7. The number of carbonyl (C=O) groups is 3. The molecule has 0 spiro atoms. The fraction of sp³-hybridized carbons (Fsp3) is 0.560. The van der Waals surface area contributed by atoms with Crippen molar-refractivity contribution in [3.63, 3.8) is 0 Å². The highest BCUT2D eigenvalue weighted by Crippen LogP contribution is 2.70. The Morgan fingerprint density at radius 3 is 2.45 bits per heavy atom. The molecule has 3 saturated carbocycles. The predicted molar refractivity (Wildman–Crippen MR) is 246 cm³/mol. The Balaban J connectivity index is 0.000000169. The highest BCUT2D eigenvalue weighted by molar-refractivity contribution is 6.35. The molecule has 3 aliphatic heterocycles. The Morgan fingerprint density at radius 2 is 1.77 bits per heavy atom. The van der Waals surface area contributed by atoms with Crippen molar-refractivity contribution in [2.24, 2.45) is 28.6 Å². The van der Waals surface area contributed by atoms with E-state index in [0.717, 1.165) is 56.0 Å². The predicted octanol–water partition coefficient (Wildman–Crippen LogP) is 6.53. The number of carbonyl (C=O) groups excluding carboxylic acids is 3. The standard InChI is InChI=1S/C26H28Cl2N4O4.C24H32O6/c1-19(33)31-10-12-32(13-11-31)21-3-5-22(6-4-21)34-15-23-16-35-26(36-23,17-30-9-8-29-18-30)24-7-2-20(27)14-25(24)28;1-21(2)29-19-10-16-15-6-5-13-9-14(26)7-8-22(13,3)20(15)17(27)11-23(16,4)24(19,30-21)18(28)12-25/h2-9,14,18,23H,10-13,15-17H2,1H3;7-9,15-17,19-20,25,27H,5-6,10-12H2,1-4H3/t23-,26-;15-,16-,17?,19+,20+,22-,23-,24+/m00/s1. The van der Waals surface area contributed by atoms with Crippen molar-refractivity contribution in [1.82, 2.24) is 14.5 Å². The third-order valence-electron chi connectivity index (χ3n) is 15.6. The number of ether oxygens (including phenoxy) is 5. The largest absolute Gasteiger partial charge is 0.491 e. The monoisotopic (exact) mass is 946 g/mol. The SMILES string of the molecule is CC(=O)N1CCN(c2ccc(OC[C@H]3CO[C@](Cn4ccnc4)(c4ccc(Cl)cc4Cl)O3)cc2)CC1.CC1(C)O[C@@H]2C[C@H]3[C@@H]4CCC5=CC(=O)C=C[C@]5(C)[C@H]4C(O)C[C@]3(C)[C@]2(C(=O)CO)O1. The molecule has 14 nitrogen and oxygen atoms in total. The van der Waals surface area contributed by atoms with Gasteiger partial charge in [-0.05, 0) is 99.9 Å². The summed E-state index contributed by atoms with van der Waals surface area (Å²) in [6, 6.07) is 13.3. The fourth-order valence-electron chi connectivity index (χ4n) is 12.6. The van der Waals surface area contributed by atoms with Crippen LogP contribution in [0, 0.1) is 28.6 Å². The number of benzene rings is 2. The summed E-state index contributed by atoms with van der Waals surface area (Å²) in [6.45, 7) is 13.0. The van der Waals surface area contributed by atoms with E-state index in [4.69, 9.17) is 46.9 Å². The van der Waals surface area contributed by atoms with Crippen LogP contribution in [-0.2, 0) is 45.7 Å². The van der Waals surface area contributed by atoms with Crippen LogP contribution in [-0.4, -0.2) is 118 Å². The number of nitrogens with zero attached hydrogens (tertiary/aromatic N) is 4. The maximum atomic E-state index is 13.2. The van der Waals surface area contributed by atoms with Gasteiger partial charge in [0.05, 0.1) is 36.7 Å². The molecule has 1 unspecified atom stereocenters. The third-order valence-corrected chi connectivity index (χ3v) is 16.1. The van der Waals surface area contributed by atoms with Crippen molar-refractivity contribution in [1.29, 1.82) is 0 Å². The number of hydrogen-bond acceptors (Lipinski definition) is 12. The van der Waals surface area contributed by atoms with E-state index in [0.29, 0.717) is 48.2 Å². The summed E-state index contributed by atoms with van der Waals surface area (Å²) in [7, 11) is 0. The molecule has 2 N–H and O–H groups in total. The van der Waals surface area contributed by atoms with Crippen molar-refractivity contribution >= 4 is 46.4 Å². The molecule has 7 aliphatic rings. The zero-order chi connectivity index (χ0) is 46.8. The van der Waals surface area contributed by atoms with E-state index in [2.05, 4.69) is 16.8 Å². The summed E-state index contributed by atoms with van der Waals surface area (Å²) >= 11 is 12.7. The van der Waals surface area contributed by atoms with E-state index in [-0.39, 0.29) is 46.7 Å². The van der Waals surface area contributed by atoms with Gasteiger partial charge < -0.3 is 48.3 Å². The van der Waals surface area contributed by atoms with Crippen LogP contribution in [0.4, 0.5) is 5.69 Å². The van der Waals surface area contributed by atoms with Gasteiger partial charge in [0, 0.05) is 78.5 Å². The van der Waals surface area contributed by atoms with Gasteiger partial charge in [0.15, 0.2) is 23.0 Å². The van der Waals surface area contributed by atoms with E-state index in [9.17, 15) is 24.6 Å². The van der Waals surface area contributed by atoms with Crippen molar-refractivity contribution < 1.29 is 48.3 Å². The molecule has 16 heteroatoms. The number of aromatic nitrogens is 2. The molecule has 10 atom stereocenters. The molecule has 4 aliphatic carbocycles. The van der Waals surface area contributed by atoms with Crippen LogP contribution in [0.15, 0.2) is 85.0 Å². The first-order valence-electron chi connectivity index (χ1n) is 23.0. The van der Waals surface area contributed by atoms with Crippen LogP contribution in [0.1, 0.15) is 65.9 Å². The second kappa shape index (κ2) is 17.8. The second-order valence-electron chi connectivity index (χ2n) is 19.8. The van der Waals surface area contributed by atoms with Gasteiger partial charge in [0.25, 0.3) is 0 Å². The topological polar surface area (TPSA) is 162 Å². The molecule has 0 bridgehead atoms. The number of rotatable bonds is 9. The van der Waals surface area contributed by atoms with Crippen LogP contribution < -0.4 is 9.64 Å². The summed E-state index contributed by atoms with van der Waals surface area (Å²) in [6.07, 6.45) is 12.0. The second-order valence-corrected chi connectivity index (χ2v) is 20.7. The van der Waals surface area contributed by atoms with E-state index in [1.165, 1.54) is 0 Å². The highest BCUT2D eigenvalue weighted by Gasteiger charge is 2.76. The highest BCUT2D eigenvalue weighted by atomic mass is 35.5. The summed E-state index contributed by atoms with van der Waals surface area (Å²) in [5.41, 5.74) is 0.702. The lowest BCUT2D eigenvalue weighted by Crippen LogP contribution is -2.63. The maximum Gasteiger partial charge on any atom is 0.219 e. The Hall–Kier alpha value is -4.12. The zero-order valence-corrected chi connectivity index (χ0v) is 39.7. The smallest absolute Gasteiger partial charge is 0.219 e. The number of aliphatic hydroxyl groups is 2. The Labute approximate surface area is 395 Å². The molecular weight excluding hydrogens is 887 g/mol. The van der Waals surface area contributed by atoms with Crippen molar-refractivity contribution in [3.8, 4) is 5.75 Å². The van der Waals surface area contributed by atoms with Crippen molar-refractivity contribution in [3.05, 3.63) is 101 Å². The lowest BCUT2D eigenvalue weighted by molar-refractivity contribution is -0.225. The molecule has 354 valence electrons. The van der Waals surface area contributed by atoms with Gasteiger partial charge in [0.2, 0.25) is 11.7 Å². The van der Waals surface area contributed by atoms with Gasteiger partial charge in [-0.1, -0.05) is 54.8 Å². The number of amides is 1. The van der Waals surface area contributed by atoms with E-state index in [1.54, 1.807) is 57.6 Å².